The van der Waals surface area contributed by atoms with Gasteiger partial charge in [0.1, 0.15) is 5.82 Å². The zero-order chi connectivity index (χ0) is 10.8. The minimum absolute atomic E-state index is 0.0608. The van der Waals surface area contributed by atoms with Crippen molar-refractivity contribution in [2.45, 2.75) is 13.0 Å². The maximum Gasteiger partial charge on any atom is 0.153 e. The number of hydrogen-bond acceptors (Lipinski definition) is 3. The molecule has 1 heterocycles. The summed E-state index contributed by atoms with van der Waals surface area (Å²) in [6.07, 6.45) is 0.790. The highest BCUT2D eigenvalue weighted by atomic mass is 32.2. The van der Waals surface area contributed by atoms with Gasteiger partial charge >= 0.3 is 0 Å². The Balaban J connectivity index is 2.18. The molecule has 0 spiro atoms. The highest BCUT2D eigenvalue weighted by Gasteiger charge is 2.16. The van der Waals surface area contributed by atoms with Crippen molar-refractivity contribution in [3.8, 4) is 0 Å². The highest BCUT2D eigenvalue weighted by Crippen LogP contribution is 2.19. The van der Waals surface area contributed by atoms with Gasteiger partial charge in [0.2, 0.25) is 0 Å². The second-order valence-corrected chi connectivity index (χ2v) is 4.64. The number of benzene rings is 1. The van der Waals surface area contributed by atoms with E-state index in [-0.39, 0.29) is 11.7 Å². The first-order chi connectivity index (χ1) is 7.15. The summed E-state index contributed by atoms with van der Waals surface area (Å²) in [5, 5.41) is 0. The number of halogens is 1. The molecule has 0 bridgehead atoms. The summed E-state index contributed by atoms with van der Waals surface area (Å²) in [4.78, 5) is 1.81. The van der Waals surface area contributed by atoms with E-state index >= 15 is 0 Å². The average molecular weight is 229 g/mol. The molecular weight excluding hydrogens is 217 g/mol. The summed E-state index contributed by atoms with van der Waals surface area (Å²) in [5.74, 6) is -0.201. The number of fused-ring (bicyclic) bond motifs is 1. The van der Waals surface area contributed by atoms with Crippen LogP contribution in [0, 0.1) is 5.82 Å². The molecule has 1 aromatic rings. The van der Waals surface area contributed by atoms with Crippen LogP contribution in [0.4, 0.5) is 4.39 Å². The largest absolute Gasteiger partial charge is 0.285 e. The Labute approximate surface area is 89.5 Å². The van der Waals surface area contributed by atoms with Crippen molar-refractivity contribution in [1.29, 1.82) is 0 Å². The quantitative estimate of drug-likeness (QED) is 0.760. The third-order valence-electron chi connectivity index (χ3n) is 2.58. The van der Waals surface area contributed by atoms with Gasteiger partial charge in [-0.15, -0.1) is 0 Å². The van der Waals surface area contributed by atoms with Gasteiger partial charge < -0.3 is 0 Å². The summed E-state index contributed by atoms with van der Waals surface area (Å²) >= 11 is 0. The van der Waals surface area contributed by atoms with Crippen molar-refractivity contribution in [3.05, 3.63) is 35.1 Å². The monoisotopic (exact) mass is 229 g/mol. The Bertz CT molecular complexity index is 437. The van der Waals surface area contributed by atoms with Crippen molar-refractivity contribution in [2.24, 2.45) is 0 Å². The van der Waals surface area contributed by atoms with Crippen LogP contribution in [-0.4, -0.2) is 25.7 Å². The van der Waals surface area contributed by atoms with E-state index in [0.717, 1.165) is 24.1 Å². The van der Waals surface area contributed by atoms with Gasteiger partial charge in [0, 0.05) is 13.1 Å². The Morgan fingerprint density at radius 1 is 1.33 bits per heavy atom. The van der Waals surface area contributed by atoms with E-state index in [1.165, 1.54) is 12.1 Å². The van der Waals surface area contributed by atoms with Crippen LogP contribution in [0.1, 0.15) is 11.1 Å². The Morgan fingerprint density at radius 3 is 2.87 bits per heavy atom. The van der Waals surface area contributed by atoms with E-state index < -0.39 is 10.7 Å². The van der Waals surface area contributed by atoms with Crippen molar-refractivity contribution >= 4 is 10.7 Å². The van der Waals surface area contributed by atoms with Gasteiger partial charge in [-0.25, -0.2) is 12.8 Å². The molecule has 5 heteroatoms. The van der Waals surface area contributed by atoms with Gasteiger partial charge in [-0.3, -0.25) is 4.90 Å². The standard InChI is InChI=1S/C10H12FNO2S/c11-10-2-1-8-3-4-12(7-15(13)14)6-9(8)5-10/h1-2,5,15H,3-4,6-7H2. The second kappa shape index (κ2) is 4.28. The molecule has 1 aliphatic rings. The van der Waals surface area contributed by atoms with E-state index in [0.29, 0.717) is 6.54 Å². The Morgan fingerprint density at radius 2 is 2.13 bits per heavy atom. The molecule has 0 amide bonds. The number of thiol groups is 1. The van der Waals surface area contributed by atoms with E-state index in [2.05, 4.69) is 0 Å². The van der Waals surface area contributed by atoms with Crippen LogP contribution >= 0.6 is 0 Å². The molecule has 0 unspecified atom stereocenters. The fraction of sp³-hybridized carbons (Fsp3) is 0.400. The lowest BCUT2D eigenvalue weighted by molar-refractivity contribution is 0.294. The minimum Gasteiger partial charge on any atom is -0.285 e. The Kier molecular flexibility index (Phi) is 3.02. The maximum absolute atomic E-state index is 12.9. The van der Waals surface area contributed by atoms with Crippen LogP contribution in [0.3, 0.4) is 0 Å². The molecule has 3 nitrogen and oxygen atoms in total. The van der Waals surface area contributed by atoms with Gasteiger partial charge in [-0.2, -0.15) is 0 Å². The maximum atomic E-state index is 12.9. The molecule has 0 radical (unpaired) electrons. The van der Waals surface area contributed by atoms with Gasteiger partial charge in [0.05, 0.1) is 5.88 Å². The van der Waals surface area contributed by atoms with Crippen LogP contribution in [0.5, 0.6) is 0 Å². The van der Waals surface area contributed by atoms with E-state index in [4.69, 9.17) is 0 Å². The lowest BCUT2D eigenvalue weighted by Crippen LogP contribution is -2.31. The number of nitrogens with zero attached hydrogens (tertiary/aromatic N) is 1. The van der Waals surface area contributed by atoms with Gasteiger partial charge in [-0.1, -0.05) is 6.07 Å². The molecule has 0 saturated heterocycles. The molecule has 82 valence electrons. The first-order valence-corrected chi connectivity index (χ1v) is 6.13. The molecule has 0 atom stereocenters. The van der Waals surface area contributed by atoms with Crippen LogP contribution < -0.4 is 0 Å². The topological polar surface area (TPSA) is 37.4 Å². The summed E-state index contributed by atoms with van der Waals surface area (Å²) in [6.45, 7) is 1.25. The van der Waals surface area contributed by atoms with E-state index in [9.17, 15) is 12.8 Å². The molecule has 0 aliphatic carbocycles. The first-order valence-electron chi connectivity index (χ1n) is 4.76. The molecular formula is C10H12FNO2S. The third-order valence-corrected chi connectivity index (χ3v) is 3.21. The number of rotatable bonds is 2. The van der Waals surface area contributed by atoms with Crippen LogP contribution in [0.25, 0.3) is 0 Å². The van der Waals surface area contributed by atoms with Crippen molar-refractivity contribution in [3.63, 3.8) is 0 Å². The number of hydrogen-bond donors (Lipinski definition) is 1. The minimum atomic E-state index is -2.39. The molecule has 0 fully saturated rings. The zero-order valence-electron chi connectivity index (χ0n) is 8.15. The predicted molar refractivity (Wildman–Crippen MR) is 55.7 cm³/mol. The molecule has 0 aromatic heterocycles. The van der Waals surface area contributed by atoms with Gasteiger partial charge in [-0.05, 0) is 29.7 Å². The predicted octanol–water partition coefficient (Wildman–Crippen LogP) is 0.753. The zero-order valence-corrected chi connectivity index (χ0v) is 9.04. The SMILES string of the molecule is O=[SH](=O)CN1CCc2ccc(F)cc2C1. The van der Waals surface area contributed by atoms with Gasteiger partial charge in [0.25, 0.3) is 0 Å². The van der Waals surface area contributed by atoms with Crippen molar-refractivity contribution < 1.29 is 12.8 Å². The molecule has 1 aliphatic heterocycles. The lowest BCUT2D eigenvalue weighted by Gasteiger charge is -2.26. The first kappa shape index (κ1) is 10.6. The Hall–Kier alpha value is -0.940. The molecule has 15 heavy (non-hydrogen) atoms. The fourth-order valence-electron chi connectivity index (χ4n) is 1.87. The summed E-state index contributed by atoms with van der Waals surface area (Å²) in [5.41, 5.74) is 2.02. The summed E-state index contributed by atoms with van der Waals surface area (Å²) < 4.78 is 34.1. The molecule has 0 N–H and O–H groups in total. The summed E-state index contributed by atoms with van der Waals surface area (Å²) in [6, 6.07) is 4.71. The molecule has 1 aromatic carbocycles. The normalized spacial score (nSPS) is 16.7. The van der Waals surface area contributed by atoms with Gasteiger partial charge in [0.15, 0.2) is 10.7 Å². The van der Waals surface area contributed by atoms with Crippen LogP contribution in [0.15, 0.2) is 18.2 Å². The summed E-state index contributed by atoms with van der Waals surface area (Å²) in [7, 11) is -2.39. The second-order valence-electron chi connectivity index (χ2n) is 3.69. The fourth-order valence-corrected chi connectivity index (χ4v) is 2.44. The van der Waals surface area contributed by atoms with Crippen molar-refractivity contribution in [2.75, 3.05) is 12.4 Å². The molecule has 0 saturated carbocycles. The van der Waals surface area contributed by atoms with E-state index in [1.54, 1.807) is 6.07 Å². The smallest absolute Gasteiger partial charge is 0.153 e. The van der Waals surface area contributed by atoms with E-state index in [1.807, 2.05) is 4.90 Å². The molecule has 2 rings (SSSR count). The van der Waals surface area contributed by atoms with Crippen molar-refractivity contribution in [1.82, 2.24) is 4.90 Å². The average Bonchev–Trinajstić information content (AvgIpc) is 2.16. The van der Waals surface area contributed by atoms with Crippen LogP contribution in [-0.2, 0) is 23.7 Å². The highest BCUT2D eigenvalue weighted by molar-refractivity contribution is 7.72. The van der Waals surface area contributed by atoms with Crippen LogP contribution in [0.2, 0.25) is 0 Å². The lowest BCUT2D eigenvalue weighted by atomic mass is 10.0. The third kappa shape index (κ3) is 2.54.